The quantitative estimate of drug-likeness (QED) is 0.549. The lowest BCUT2D eigenvalue weighted by Gasteiger charge is -2.22. The Bertz CT molecular complexity index is 356. The third-order valence-corrected chi connectivity index (χ3v) is 1.86. The summed E-state index contributed by atoms with van der Waals surface area (Å²) in [4.78, 5) is 0. The molecular formula is C11H16FN3S. The first-order valence-electron chi connectivity index (χ1n) is 4.96. The molecule has 0 heterocycles. The standard InChI is InChI=1S/C11H16FN3S/c1-11(2,3)15-14-10(16)13-9-6-4-8(12)5-7-9/h4-7,15H,1-3H3,(H2,13,14,16). The van der Waals surface area contributed by atoms with Crippen molar-refractivity contribution in [3.63, 3.8) is 0 Å². The highest BCUT2D eigenvalue weighted by atomic mass is 32.1. The number of rotatable bonds is 2. The Hall–Kier alpha value is -1.20. The van der Waals surface area contributed by atoms with E-state index in [1.165, 1.54) is 12.1 Å². The van der Waals surface area contributed by atoms with E-state index in [1.807, 2.05) is 20.8 Å². The molecule has 0 bridgehead atoms. The minimum atomic E-state index is -0.266. The van der Waals surface area contributed by atoms with Crippen LogP contribution in [-0.4, -0.2) is 10.7 Å². The van der Waals surface area contributed by atoms with Gasteiger partial charge < -0.3 is 5.32 Å². The lowest BCUT2D eigenvalue weighted by molar-refractivity contribution is 0.405. The van der Waals surface area contributed by atoms with Crippen LogP contribution in [0.2, 0.25) is 0 Å². The number of hydrazine groups is 1. The lowest BCUT2D eigenvalue weighted by Crippen LogP contribution is -2.50. The average Bonchev–Trinajstić information content (AvgIpc) is 2.18. The van der Waals surface area contributed by atoms with Crippen LogP contribution in [0.5, 0.6) is 0 Å². The molecule has 1 rings (SSSR count). The molecule has 0 amide bonds. The second-order valence-corrected chi connectivity index (χ2v) is 4.87. The van der Waals surface area contributed by atoms with E-state index in [0.717, 1.165) is 5.69 Å². The number of benzene rings is 1. The number of nitrogens with one attached hydrogen (secondary N) is 3. The minimum absolute atomic E-state index is 0.0749. The van der Waals surface area contributed by atoms with Gasteiger partial charge >= 0.3 is 0 Å². The maximum atomic E-state index is 12.6. The van der Waals surface area contributed by atoms with Crippen LogP contribution in [0, 0.1) is 5.82 Å². The number of hydrogen-bond acceptors (Lipinski definition) is 2. The third-order valence-electron chi connectivity index (χ3n) is 1.65. The van der Waals surface area contributed by atoms with Crippen molar-refractivity contribution in [1.82, 2.24) is 10.9 Å². The highest BCUT2D eigenvalue weighted by Gasteiger charge is 2.08. The van der Waals surface area contributed by atoms with E-state index in [1.54, 1.807) is 12.1 Å². The smallest absolute Gasteiger partial charge is 0.185 e. The lowest BCUT2D eigenvalue weighted by atomic mass is 10.1. The first kappa shape index (κ1) is 12.9. The van der Waals surface area contributed by atoms with Gasteiger partial charge in [0.05, 0.1) is 0 Å². The first-order chi connectivity index (χ1) is 7.37. The average molecular weight is 241 g/mol. The van der Waals surface area contributed by atoms with Crippen LogP contribution in [0.3, 0.4) is 0 Å². The highest BCUT2D eigenvalue weighted by Crippen LogP contribution is 2.07. The van der Waals surface area contributed by atoms with Crippen LogP contribution in [0.15, 0.2) is 24.3 Å². The molecule has 0 saturated carbocycles. The van der Waals surface area contributed by atoms with Gasteiger partial charge in [-0.05, 0) is 57.3 Å². The fraction of sp³-hybridized carbons (Fsp3) is 0.364. The number of halogens is 1. The molecule has 88 valence electrons. The summed E-state index contributed by atoms with van der Waals surface area (Å²) in [7, 11) is 0. The Morgan fingerprint density at radius 1 is 1.19 bits per heavy atom. The predicted molar refractivity (Wildman–Crippen MR) is 68.6 cm³/mol. The zero-order valence-electron chi connectivity index (χ0n) is 9.60. The van der Waals surface area contributed by atoms with Gasteiger partial charge in [0, 0.05) is 11.2 Å². The van der Waals surface area contributed by atoms with Crippen LogP contribution in [0.1, 0.15) is 20.8 Å². The van der Waals surface area contributed by atoms with Crippen molar-refractivity contribution in [3.8, 4) is 0 Å². The summed E-state index contributed by atoms with van der Waals surface area (Å²) in [6.07, 6.45) is 0. The topological polar surface area (TPSA) is 36.1 Å². The highest BCUT2D eigenvalue weighted by molar-refractivity contribution is 7.80. The van der Waals surface area contributed by atoms with Gasteiger partial charge in [-0.15, -0.1) is 0 Å². The molecule has 0 aromatic heterocycles. The summed E-state index contributed by atoms with van der Waals surface area (Å²) < 4.78 is 12.6. The van der Waals surface area contributed by atoms with Crippen LogP contribution >= 0.6 is 12.2 Å². The van der Waals surface area contributed by atoms with E-state index in [4.69, 9.17) is 12.2 Å². The molecule has 0 unspecified atom stereocenters. The molecule has 0 radical (unpaired) electrons. The fourth-order valence-electron chi connectivity index (χ4n) is 0.940. The summed E-state index contributed by atoms with van der Waals surface area (Å²) in [6.45, 7) is 6.04. The number of anilines is 1. The van der Waals surface area contributed by atoms with E-state index in [-0.39, 0.29) is 11.4 Å². The zero-order valence-corrected chi connectivity index (χ0v) is 10.4. The van der Waals surface area contributed by atoms with Gasteiger partial charge in [-0.3, -0.25) is 5.43 Å². The van der Waals surface area contributed by atoms with Gasteiger partial charge in [0.15, 0.2) is 5.11 Å². The van der Waals surface area contributed by atoms with Crippen molar-refractivity contribution in [1.29, 1.82) is 0 Å². The van der Waals surface area contributed by atoms with Crippen LogP contribution in [0.4, 0.5) is 10.1 Å². The normalized spacial score (nSPS) is 11.0. The van der Waals surface area contributed by atoms with E-state index in [9.17, 15) is 4.39 Å². The van der Waals surface area contributed by atoms with Crippen LogP contribution in [0.25, 0.3) is 0 Å². The Balaban J connectivity index is 2.43. The predicted octanol–water partition coefficient (Wildman–Crippen LogP) is 2.42. The third kappa shape index (κ3) is 5.04. The Morgan fingerprint density at radius 2 is 1.75 bits per heavy atom. The molecule has 0 fully saturated rings. The van der Waals surface area contributed by atoms with Crippen LogP contribution in [-0.2, 0) is 0 Å². The van der Waals surface area contributed by atoms with Gasteiger partial charge in [0.25, 0.3) is 0 Å². The first-order valence-corrected chi connectivity index (χ1v) is 5.37. The molecule has 1 aromatic carbocycles. The maximum Gasteiger partial charge on any atom is 0.185 e. The molecule has 0 atom stereocenters. The Kier molecular flexibility index (Phi) is 4.20. The summed E-state index contributed by atoms with van der Waals surface area (Å²) in [5, 5.41) is 3.38. The van der Waals surface area contributed by atoms with Gasteiger partial charge in [-0.1, -0.05) is 0 Å². The second-order valence-electron chi connectivity index (χ2n) is 4.46. The van der Waals surface area contributed by atoms with Crippen molar-refractivity contribution in [2.24, 2.45) is 0 Å². The van der Waals surface area contributed by atoms with Crippen molar-refractivity contribution in [2.75, 3.05) is 5.32 Å². The van der Waals surface area contributed by atoms with E-state index in [2.05, 4.69) is 16.2 Å². The molecule has 1 aromatic rings. The Morgan fingerprint density at radius 3 is 2.25 bits per heavy atom. The van der Waals surface area contributed by atoms with Gasteiger partial charge in [-0.2, -0.15) is 0 Å². The van der Waals surface area contributed by atoms with Gasteiger partial charge in [0.1, 0.15) is 5.82 Å². The van der Waals surface area contributed by atoms with Crippen molar-refractivity contribution < 1.29 is 4.39 Å². The Labute approximate surface area is 100 Å². The molecule has 0 spiro atoms. The number of thiocarbonyl (C=S) groups is 1. The molecule has 0 aliphatic carbocycles. The maximum absolute atomic E-state index is 12.6. The van der Waals surface area contributed by atoms with Crippen molar-refractivity contribution >= 4 is 23.0 Å². The largest absolute Gasteiger partial charge is 0.332 e. The fourth-order valence-corrected chi connectivity index (χ4v) is 1.11. The van der Waals surface area contributed by atoms with E-state index in [0.29, 0.717) is 5.11 Å². The SMILES string of the molecule is CC(C)(C)NNC(=S)Nc1ccc(F)cc1. The second kappa shape index (κ2) is 5.23. The summed E-state index contributed by atoms with van der Waals surface area (Å²) in [5.41, 5.74) is 6.56. The molecule has 0 aliphatic heterocycles. The van der Waals surface area contributed by atoms with Crippen LogP contribution < -0.4 is 16.2 Å². The molecule has 0 saturated heterocycles. The van der Waals surface area contributed by atoms with E-state index < -0.39 is 0 Å². The summed E-state index contributed by atoms with van der Waals surface area (Å²) >= 11 is 5.06. The van der Waals surface area contributed by atoms with E-state index >= 15 is 0 Å². The summed E-state index contributed by atoms with van der Waals surface area (Å²) in [5.74, 6) is -0.266. The molecular weight excluding hydrogens is 225 g/mol. The zero-order chi connectivity index (χ0) is 12.2. The molecule has 5 heteroatoms. The molecule has 16 heavy (non-hydrogen) atoms. The van der Waals surface area contributed by atoms with Gasteiger partial charge in [-0.25, -0.2) is 9.82 Å². The molecule has 3 nitrogen and oxygen atoms in total. The van der Waals surface area contributed by atoms with Crippen molar-refractivity contribution in [2.45, 2.75) is 26.3 Å². The molecule has 0 aliphatic rings. The summed E-state index contributed by atoms with van der Waals surface area (Å²) in [6, 6.07) is 6.01. The van der Waals surface area contributed by atoms with Gasteiger partial charge in [0.2, 0.25) is 0 Å². The monoisotopic (exact) mass is 241 g/mol. The van der Waals surface area contributed by atoms with Crippen molar-refractivity contribution in [3.05, 3.63) is 30.1 Å². The minimum Gasteiger partial charge on any atom is -0.332 e. The molecule has 3 N–H and O–H groups in total. The number of hydrogen-bond donors (Lipinski definition) is 3.